The van der Waals surface area contributed by atoms with Gasteiger partial charge in [0.1, 0.15) is 0 Å². The van der Waals surface area contributed by atoms with E-state index in [0.29, 0.717) is 17.1 Å². The van der Waals surface area contributed by atoms with E-state index in [1.165, 1.54) is 31.2 Å². The van der Waals surface area contributed by atoms with E-state index in [0.717, 1.165) is 0 Å². The van der Waals surface area contributed by atoms with Crippen LogP contribution < -0.4 is 0 Å². The van der Waals surface area contributed by atoms with Crippen molar-refractivity contribution in [3.8, 4) is 0 Å². The predicted molar refractivity (Wildman–Crippen MR) is 64.2 cm³/mol. The molecule has 3 rings (SSSR count). The van der Waals surface area contributed by atoms with Crippen molar-refractivity contribution < 1.29 is 4.79 Å². The molecule has 1 aliphatic carbocycles. The molecule has 0 N–H and O–H groups in total. The normalized spacial score (nSPS) is 16.8. The Morgan fingerprint density at radius 2 is 2.12 bits per heavy atom. The van der Waals surface area contributed by atoms with Gasteiger partial charge in [-0.1, -0.05) is 12.8 Å². The van der Waals surface area contributed by atoms with Gasteiger partial charge in [-0.15, -0.1) is 0 Å². The molecule has 0 aromatic carbocycles. The fraction of sp³-hybridized carbons (Fsp3) is 0.462. The summed E-state index contributed by atoms with van der Waals surface area (Å²) in [5.41, 5.74) is 2.51. The van der Waals surface area contributed by atoms with Crippen LogP contribution >= 0.6 is 0 Å². The van der Waals surface area contributed by atoms with Gasteiger partial charge in [0.2, 0.25) is 0 Å². The molecule has 1 fully saturated rings. The minimum Gasteiger partial charge on any atom is -0.294 e. The Kier molecular flexibility index (Phi) is 2.42. The van der Waals surface area contributed by atoms with Crippen molar-refractivity contribution in [2.24, 2.45) is 0 Å². The third-order valence-corrected chi connectivity index (χ3v) is 3.58. The monoisotopic (exact) mass is 229 g/mol. The van der Waals surface area contributed by atoms with Gasteiger partial charge in [0.15, 0.2) is 11.4 Å². The SMILES string of the molecule is CC(=O)c1cnn2cc(C3CCCC3)cnc12. The lowest BCUT2D eigenvalue weighted by Gasteiger charge is -2.08. The molecule has 0 spiro atoms. The second-order valence-electron chi connectivity index (χ2n) is 4.75. The van der Waals surface area contributed by atoms with Crippen LogP contribution in [0.4, 0.5) is 0 Å². The summed E-state index contributed by atoms with van der Waals surface area (Å²) in [6.07, 6.45) is 10.6. The number of hydrogen-bond acceptors (Lipinski definition) is 3. The van der Waals surface area contributed by atoms with Crippen LogP contribution in [0, 0.1) is 0 Å². The topological polar surface area (TPSA) is 47.3 Å². The first kappa shape index (κ1) is 10.4. The van der Waals surface area contributed by atoms with E-state index in [1.807, 2.05) is 12.4 Å². The molecule has 17 heavy (non-hydrogen) atoms. The van der Waals surface area contributed by atoms with E-state index >= 15 is 0 Å². The van der Waals surface area contributed by atoms with E-state index in [9.17, 15) is 4.79 Å². The number of Topliss-reactive ketones (excluding diaryl/α,β-unsaturated/α-hetero) is 1. The lowest BCUT2D eigenvalue weighted by atomic mass is 10.0. The molecule has 0 radical (unpaired) electrons. The van der Waals surface area contributed by atoms with Crippen LogP contribution in [0.1, 0.15) is 54.4 Å². The number of carbonyl (C=O) groups excluding carboxylic acids is 1. The first-order valence-corrected chi connectivity index (χ1v) is 6.10. The summed E-state index contributed by atoms with van der Waals surface area (Å²) in [6, 6.07) is 0. The third kappa shape index (κ3) is 1.73. The van der Waals surface area contributed by atoms with Gasteiger partial charge < -0.3 is 0 Å². The second kappa shape index (κ2) is 3.95. The Morgan fingerprint density at radius 1 is 1.35 bits per heavy atom. The van der Waals surface area contributed by atoms with Gasteiger partial charge in [-0.25, -0.2) is 9.50 Å². The number of fused-ring (bicyclic) bond motifs is 1. The molecule has 1 saturated carbocycles. The first-order chi connectivity index (χ1) is 8.25. The van der Waals surface area contributed by atoms with Crippen molar-refractivity contribution >= 4 is 11.4 Å². The van der Waals surface area contributed by atoms with Gasteiger partial charge in [0.05, 0.1) is 11.8 Å². The Bertz CT molecular complexity index is 567. The average molecular weight is 229 g/mol. The molecule has 2 aromatic heterocycles. The highest BCUT2D eigenvalue weighted by Gasteiger charge is 2.19. The lowest BCUT2D eigenvalue weighted by molar-refractivity contribution is 0.101. The fourth-order valence-corrected chi connectivity index (χ4v) is 2.61. The van der Waals surface area contributed by atoms with Crippen LogP contribution in [-0.4, -0.2) is 20.4 Å². The summed E-state index contributed by atoms with van der Waals surface area (Å²) in [5, 5.41) is 4.21. The molecule has 4 heteroatoms. The number of rotatable bonds is 2. The van der Waals surface area contributed by atoms with E-state index in [1.54, 1.807) is 17.6 Å². The maximum Gasteiger partial charge on any atom is 0.165 e. The van der Waals surface area contributed by atoms with Crippen LogP contribution in [0.2, 0.25) is 0 Å². The summed E-state index contributed by atoms with van der Waals surface area (Å²) in [6.45, 7) is 1.55. The molecule has 0 bridgehead atoms. The van der Waals surface area contributed by atoms with Crippen molar-refractivity contribution in [2.75, 3.05) is 0 Å². The smallest absolute Gasteiger partial charge is 0.165 e. The molecule has 0 aliphatic heterocycles. The molecular formula is C13H15N3O. The molecule has 0 unspecified atom stereocenters. The third-order valence-electron chi connectivity index (χ3n) is 3.58. The van der Waals surface area contributed by atoms with Gasteiger partial charge in [-0.3, -0.25) is 4.79 Å². The molecule has 2 heterocycles. The molecule has 4 nitrogen and oxygen atoms in total. The van der Waals surface area contributed by atoms with Crippen molar-refractivity contribution in [2.45, 2.75) is 38.5 Å². The van der Waals surface area contributed by atoms with E-state index in [-0.39, 0.29) is 5.78 Å². The zero-order valence-corrected chi connectivity index (χ0v) is 9.89. The van der Waals surface area contributed by atoms with Crippen molar-refractivity contribution in [1.82, 2.24) is 14.6 Å². The van der Waals surface area contributed by atoms with E-state index in [4.69, 9.17) is 0 Å². The Hall–Kier alpha value is -1.71. The molecule has 1 aliphatic rings. The van der Waals surface area contributed by atoms with Gasteiger partial charge in [-0.05, 0) is 31.2 Å². The second-order valence-corrected chi connectivity index (χ2v) is 4.75. The molecule has 0 atom stereocenters. The largest absolute Gasteiger partial charge is 0.294 e. The summed E-state index contributed by atoms with van der Waals surface area (Å²) in [5.74, 6) is 0.637. The highest BCUT2D eigenvalue weighted by Crippen LogP contribution is 2.33. The standard InChI is InChI=1S/C13H15N3O/c1-9(17)12-7-15-16-8-11(6-14-13(12)16)10-4-2-3-5-10/h6-8,10H,2-5H2,1H3. The maximum absolute atomic E-state index is 11.4. The van der Waals surface area contributed by atoms with E-state index in [2.05, 4.69) is 10.1 Å². The van der Waals surface area contributed by atoms with Crippen molar-refractivity contribution in [1.29, 1.82) is 0 Å². The minimum atomic E-state index is 0.0149. The quantitative estimate of drug-likeness (QED) is 0.743. The Morgan fingerprint density at radius 3 is 2.82 bits per heavy atom. The summed E-state index contributed by atoms with van der Waals surface area (Å²) in [4.78, 5) is 15.8. The van der Waals surface area contributed by atoms with Crippen LogP contribution in [0.25, 0.3) is 5.65 Å². The molecular weight excluding hydrogens is 214 g/mol. The molecule has 88 valence electrons. The highest BCUT2D eigenvalue weighted by molar-refractivity contribution is 5.99. The molecule has 0 saturated heterocycles. The molecule has 0 amide bonds. The lowest BCUT2D eigenvalue weighted by Crippen LogP contribution is -2.00. The minimum absolute atomic E-state index is 0.0149. The Labute approximate surface area is 99.7 Å². The van der Waals surface area contributed by atoms with Crippen LogP contribution in [0.15, 0.2) is 18.6 Å². The van der Waals surface area contributed by atoms with Crippen LogP contribution in [0.3, 0.4) is 0 Å². The zero-order valence-electron chi connectivity index (χ0n) is 9.89. The number of nitrogens with zero attached hydrogens (tertiary/aromatic N) is 3. The van der Waals surface area contributed by atoms with Crippen LogP contribution in [-0.2, 0) is 0 Å². The highest BCUT2D eigenvalue weighted by atomic mass is 16.1. The first-order valence-electron chi connectivity index (χ1n) is 6.10. The number of ketones is 1. The van der Waals surface area contributed by atoms with Crippen LogP contribution in [0.5, 0.6) is 0 Å². The average Bonchev–Trinajstić information content (AvgIpc) is 2.97. The summed E-state index contributed by atoms with van der Waals surface area (Å²) >= 11 is 0. The van der Waals surface area contributed by atoms with Gasteiger partial charge >= 0.3 is 0 Å². The predicted octanol–water partition coefficient (Wildman–Crippen LogP) is 2.59. The fourth-order valence-electron chi connectivity index (χ4n) is 2.61. The van der Waals surface area contributed by atoms with Crippen molar-refractivity contribution in [3.05, 3.63) is 29.7 Å². The zero-order chi connectivity index (χ0) is 11.8. The summed E-state index contributed by atoms with van der Waals surface area (Å²) < 4.78 is 1.73. The number of carbonyl (C=O) groups is 1. The Balaban J connectivity index is 2.05. The van der Waals surface area contributed by atoms with Gasteiger partial charge in [-0.2, -0.15) is 5.10 Å². The number of hydrogen-bond donors (Lipinski definition) is 0. The van der Waals surface area contributed by atoms with Gasteiger partial charge in [0.25, 0.3) is 0 Å². The molecule has 2 aromatic rings. The number of aromatic nitrogens is 3. The van der Waals surface area contributed by atoms with Crippen molar-refractivity contribution in [3.63, 3.8) is 0 Å². The maximum atomic E-state index is 11.4. The summed E-state index contributed by atoms with van der Waals surface area (Å²) in [7, 11) is 0. The van der Waals surface area contributed by atoms with Gasteiger partial charge in [0, 0.05) is 12.4 Å². The van der Waals surface area contributed by atoms with E-state index < -0.39 is 0 Å².